The van der Waals surface area contributed by atoms with Gasteiger partial charge < -0.3 is 10.0 Å². The van der Waals surface area contributed by atoms with E-state index >= 15 is 0 Å². The minimum atomic E-state index is 0.0626. The minimum absolute atomic E-state index is 0.0626. The summed E-state index contributed by atoms with van der Waals surface area (Å²) in [6.07, 6.45) is 1.79. The lowest BCUT2D eigenvalue weighted by molar-refractivity contribution is 0.302. The third-order valence-corrected chi connectivity index (χ3v) is 3.75. The van der Waals surface area contributed by atoms with Crippen LogP contribution in [-0.2, 0) is 0 Å². The Morgan fingerprint density at radius 1 is 1.33 bits per heavy atom. The predicted octanol–water partition coefficient (Wildman–Crippen LogP) is 1.84. The lowest BCUT2D eigenvalue weighted by atomic mass is 10.3. The van der Waals surface area contributed by atoms with Crippen LogP contribution in [0.25, 0.3) is 17.0 Å². The van der Waals surface area contributed by atoms with Gasteiger partial charge in [-0.2, -0.15) is 15.9 Å². The number of thiophene rings is 1. The molecule has 6 nitrogen and oxygen atoms in total. The monoisotopic (exact) mass is 301 g/mol. The van der Waals surface area contributed by atoms with E-state index in [0.29, 0.717) is 18.7 Å². The number of aromatic nitrogens is 4. The highest BCUT2D eigenvalue weighted by atomic mass is 32.1. The van der Waals surface area contributed by atoms with Crippen LogP contribution < -0.4 is 4.90 Å². The molecule has 0 unspecified atom stereocenters. The summed E-state index contributed by atoms with van der Waals surface area (Å²) >= 11 is 1.61. The molecule has 0 spiro atoms. The van der Waals surface area contributed by atoms with Gasteiger partial charge in [0.25, 0.3) is 0 Å². The van der Waals surface area contributed by atoms with Crippen molar-refractivity contribution in [2.45, 2.75) is 0 Å². The molecule has 0 aliphatic carbocycles. The van der Waals surface area contributed by atoms with E-state index in [4.69, 9.17) is 5.11 Å². The third-order valence-electron chi connectivity index (χ3n) is 3.07. The Bertz CT molecular complexity index is 737. The van der Waals surface area contributed by atoms with E-state index in [1.807, 2.05) is 33.9 Å². The van der Waals surface area contributed by atoms with Gasteiger partial charge in [0.1, 0.15) is 5.82 Å². The van der Waals surface area contributed by atoms with Crippen LogP contribution in [0.2, 0.25) is 0 Å². The maximum atomic E-state index is 9.17. The molecule has 0 radical (unpaired) electrons. The zero-order valence-electron chi connectivity index (χ0n) is 11.4. The Balaban J connectivity index is 2.05. The summed E-state index contributed by atoms with van der Waals surface area (Å²) in [5, 5.41) is 26.1. The van der Waals surface area contributed by atoms with Crippen LogP contribution in [0.5, 0.6) is 0 Å². The highest BCUT2D eigenvalue weighted by molar-refractivity contribution is 7.08. The smallest absolute Gasteiger partial charge is 0.186 e. The van der Waals surface area contributed by atoms with Crippen LogP contribution in [0.3, 0.4) is 0 Å². The van der Waals surface area contributed by atoms with Crippen molar-refractivity contribution in [3.63, 3.8) is 0 Å². The van der Waals surface area contributed by atoms with Crippen molar-refractivity contribution in [3.05, 3.63) is 41.6 Å². The maximum Gasteiger partial charge on any atom is 0.186 e. The van der Waals surface area contributed by atoms with Crippen molar-refractivity contribution in [2.75, 3.05) is 24.6 Å². The summed E-state index contributed by atoms with van der Waals surface area (Å²) in [5.74, 6) is 1.48. The number of hydrogen-bond donors (Lipinski definition) is 1. The molecule has 3 heterocycles. The molecule has 1 N–H and O–H groups in total. The number of rotatable bonds is 6. The van der Waals surface area contributed by atoms with Gasteiger partial charge in [-0.05, 0) is 23.6 Å². The number of hydrogen-bond acceptors (Lipinski definition) is 6. The fourth-order valence-corrected chi connectivity index (χ4v) is 2.73. The van der Waals surface area contributed by atoms with Gasteiger partial charge >= 0.3 is 0 Å². The molecule has 7 heteroatoms. The summed E-state index contributed by atoms with van der Waals surface area (Å²) < 4.78 is 1.73. The van der Waals surface area contributed by atoms with Crippen molar-refractivity contribution < 1.29 is 5.11 Å². The first-order chi connectivity index (χ1) is 10.3. The first kappa shape index (κ1) is 13.7. The SMILES string of the molecule is C=CCN(CCO)c1ccc2nnc(-c3ccsc3)n2n1. The van der Waals surface area contributed by atoms with Gasteiger partial charge in [0.2, 0.25) is 0 Å². The molecule has 0 atom stereocenters. The largest absolute Gasteiger partial charge is 0.395 e. The van der Waals surface area contributed by atoms with Gasteiger partial charge in [-0.25, -0.2) is 0 Å². The van der Waals surface area contributed by atoms with Crippen LogP contribution in [0, 0.1) is 0 Å². The molecule has 0 saturated heterocycles. The normalized spacial score (nSPS) is 10.9. The van der Waals surface area contributed by atoms with E-state index in [1.165, 1.54) is 0 Å². The van der Waals surface area contributed by atoms with Crippen LogP contribution in [0.4, 0.5) is 5.82 Å². The standard InChI is InChI=1S/C14H15N5OS/c1-2-6-18(7-8-20)13-4-3-12-15-16-14(19(12)17-13)11-5-9-21-10-11/h2-5,9-10,20H,1,6-8H2. The highest BCUT2D eigenvalue weighted by Gasteiger charge is 2.12. The number of anilines is 1. The molecule has 0 amide bonds. The fraction of sp³-hybridized carbons (Fsp3) is 0.214. The quantitative estimate of drug-likeness (QED) is 0.704. The van der Waals surface area contributed by atoms with E-state index in [2.05, 4.69) is 21.9 Å². The summed E-state index contributed by atoms with van der Waals surface area (Å²) in [6, 6.07) is 5.74. The van der Waals surface area contributed by atoms with E-state index in [0.717, 1.165) is 17.2 Å². The first-order valence-electron chi connectivity index (χ1n) is 6.55. The van der Waals surface area contributed by atoms with Gasteiger partial charge in [-0.15, -0.1) is 21.9 Å². The summed E-state index contributed by atoms with van der Waals surface area (Å²) in [6.45, 7) is 4.92. The van der Waals surface area contributed by atoms with E-state index in [-0.39, 0.29) is 6.61 Å². The second kappa shape index (κ2) is 6.02. The fourth-order valence-electron chi connectivity index (χ4n) is 2.10. The zero-order chi connectivity index (χ0) is 14.7. The molecule has 0 bridgehead atoms. The molecule has 0 aromatic carbocycles. The van der Waals surface area contributed by atoms with Crippen molar-refractivity contribution in [1.82, 2.24) is 19.8 Å². The number of aliphatic hydroxyl groups excluding tert-OH is 1. The van der Waals surface area contributed by atoms with Gasteiger partial charge in [-0.1, -0.05) is 6.08 Å². The van der Waals surface area contributed by atoms with E-state index in [9.17, 15) is 0 Å². The van der Waals surface area contributed by atoms with E-state index < -0.39 is 0 Å². The van der Waals surface area contributed by atoms with Gasteiger partial charge in [0.15, 0.2) is 11.5 Å². The van der Waals surface area contributed by atoms with Crippen LogP contribution in [0.15, 0.2) is 41.6 Å². The second-order valence-corrected chi connectivity index (χ2v) is 5.24. The molecule has 0 aliphatic rings. The number of aliphatic hydroxyl groups is 1. The third kappa shape index (κ3) is 2.65. The van der Waals surface area contributed by atoms with Crippen LogP contribution >= 0.6 is 11.3 Å². The Hall–Kier alpha value is -2.25. The topological polar surface area (TPSA) is 66.5 Å². The lowest BCUT2D eigenvalue weighted by Gasteiger charge is -2.20. The summed E-state index contributed by atoms with van der Waals surface area (Å²) in [7, 11) is 0. The molecule has 0 fully saturated rings. The van der Waals surface area contributed by atoms with Crippen molar-refractivity contribution in [3.8, 4) is 11.4 Å². The Morgan fingerprint density at radius 2 is 2.24 bits per heavy atom. The highest BCUT2D eigenvalue weighted by Crippen LogP contribution is 2.21. The Morgan fingerprint density at radius 3 is 2.95 bits per heavy atom. The van der Waals surface area contributed by atoms with E-state index in [1.54, 1.807) is 21.9 Å². The molecular weight excluding hydrogens is 286 g/mol. The lowest BCUT2D eigenvalue weighted by Crippen LogP contribution is -2.28. The second-order valence-electron chi connectivity index (χ2n) is 4.46. The molecule has 0 aliphatic heterocycles. The average Bonchev–Trinajstić information content (AvgIpc) is 3.15. The van der Waals surface area contributed by atoms with Crippen LogP contribution in [0.1, 0.15) is 0 Å². The van der Waals surface area contributed by atoms with Gasteiger partial charge in [0, 0.05) is 24.0 Å². The molecule has 3 aromatic heterocycles. The number of fused-ring (bicyclic) bond motifs is 1. The maximum absolute atomic E-state index is 9.17. The number of nitrogens with zero attached hydrogens (tertiary/aromatic N) is 5. The summed E-state index contributed by atoms with van der Waals surface area (Å²) in [5.41, 5.74) is 1.69. The molecule has 0 saturated carbocycles. The first-order valence-corrected chi connectivity index (χ1v) is 7.49. The van der Waals surface area contributed by atoms with Crippen molar-refractivity contribution in [1.29, 1.82) is 0 Å². The molecule has 21 heavy (non-hydrogen) atoms. The van der Waals surface area contributed by atoms with Crippen LogP contribution in [-0.4, -0.2) is 44.6 Å². The molecular formula is C14H15N5OS. The average molecular weight is 301 g/mol. The van der Waals surface area contributed by atoms with Crippen molar-refractivity contribution in [2.24, 2.45) is 0 Å². The zero-order valence-corrected chi connectivity index (χ0v) is 12.2. The molecule has 3 rings (SSSR count). The Labute approximate surface area is 126 Å². The summed E-state index contributed by atoms with van der Waals surface area (Å²) in [4.78, 5) is 1.95. The molecule has 108 valence electrons. The van der Waals surface area contributed by atoms with Gasteiger partial charge in [0.05, 0.1) is 6.61 Å². The predicted molar refractivity (Wildman–Crippen MR) is 83.6 cm³/mol. The van der Waals surface area contributed by atoms with Crippen molar-refractivity contribution >= 4 is 22.8 Å². The Kier molecular flexibility index (Phi) is 3.94. The van der Waals surface area contributed by atoms with Gasteiger partial charge in [-0.3, -0.25) is 0 Å². The minimum Gasteiger partial charge on any atom is -0.395 e. The molecule has 3 aromatic rings.